The van der Waals surface area contributed by atoms with Crippen molar-refractivity contribution in [1.82, 2.24) is 9.97 Å². The summed E-state index contributed by atoms with van der Waals surface area (Å²) >= 11 is 0. The fraction of sp³-hybridized carbons (Fsp3) is 0.222. The molecule has 0 aromatic carbocycles. The van der Waals surface area contributed by atoms with E-state index in [-0.39, 0.29) is 18.4 Å². The molecule has 0 amide bonds. The van der Waals surface area contributed by atoms with Crippen molar-refractivity contribution >= 4 is 23.4 Å². The molecule has 0 unspecified atom stereocenters. The minimum Gasteiger partial charge on any atom is -0.346 e. The number of hydrogen-bond acceptors (Lipinski definition) is 2. The SMILES string of the molecule is C[C@@H](N)c1cnc2[nH]ccc2c1.Cl. The summed E-state index contributed by atoms with van der Waals surface area (Å²) in [4.78, 5) is 7.26. The van der Waals surface area contributed by atoms with E-state index in [0.29, 0.717) is 0 Å². The van der Waals surface area contributed by atoms with Crippen LogP contribution in [0.3, 0.4) is 0 Å². The number of H-pyrrole nitrogens is 1. The van der Waals surface area contributed by atoms with E-state index < -0.39 is 0 Å². The summed E-state index contributed by atoms with van der Waals surface area (Å²) in [6, 6.07) is 4.11. The second kappa shape index (κ2) is 3.77. The maximum absolute atomic E-state index is 5.72. The molecule has 0 saturated heterocycles. The first-order valence-corrected chi connectivity index (χ1v) is 3.96. The molecule has 2 aromatic rings. The van der Waals surface area contributed by atoms with Crippen LogP contribution in [0.5, 0.6) is 0 Å². The maximum Gasteiger partial charge on any atom is 0.137 e. The zero-order valence-electron chi connectivity index (χ0n) is 7.32. The highest BCUT2D eigenvalue weighted by atomic mass is 35.5. The van der Waals surface area contributed by atoms with Crippen molar-refractivity contribution in [2.75, 3.05) is 0 Å². The summed E-state index contributed by atoms with van der Waals surface area (Å²) in [6.07, 6.45) is 3.69. The number of aromatic nitrogens is 2. The predicted octanol–water partition coefficient (Wildman–Crippen LogP) is 2.00. The van der Waals surface area contributed by atoms with Gasteiger partial charge in [-0.15, -0.1) is 12.4 Å². The molecule has 0 radical (unpaired) electrons. The molecule has 4 heteroatoms. The Morgan fingerprint density at radius 1 is 1.54 bits per heavy atom. The van der Waals surface area contributed by atoms with Gasteiger partial charge in [0.25, 0.3) is 0 Å². The number of aromatic amines is 1. The van der Waals surface area contributed by atoms with Crippen molar-refractivity contribution in [1.29, 1.82) is 0 Å². The molecular weight excluding hydrogens is 186 g/mol. The minimum absolute atomic E-state index is 0. The van der Waals surface area contributed by atoms with Gasteiger partial charge in [0.1, 0.15) is 5.65 Å². The van der Waals surface area contributed by atoms with Gasteiger partial charge >= 0.3 is 0 Å². The number of hydrogen-bond donors (Lipinski definition) is 2. The molecule has 0 aliphatic heterocycles. The summed E-state index contributed by atoms with van der Waals surface area (Å²) in [5.41, 5.74) is 7.71. The Kier molecular flexibility index (Phi) is 2.90. The van der Waals surface area contributed by atoms with Crippen LogP contribution in [0.2, 0.25) is 0 Å². The van der Waals surface area contributed by atoms with Crippen molar-refractivity contribution in [3.63, 3.8) is 0 Å². The Labute approximate surface area is 82.8 Å². The molecule has 0 aliphatic rings. The smallest absolute Gasteiger partial charge is 0.137 e. The number of pyridine rings is 1. The van der Waals surface area contributed by atoms with Gasteiger partial charge in [-0.1, -0.05) is 0 Å². The standard InChI is InChI=1S/C9H11N3.ClH/c1-6(10)8-4-7-2-3-11-9(7)12-5-8;/h2-6H,10H2,1H3,(H,11,12);1H/t6-;/m1./s1. The molecular formula is C9H12ClN3. The van der Waals surface area contributed by atoms with Gasteiger partial charge < -0.3 is 10.7 Å². The van der Waals surface area contributed by atoms with Gasteiger partial charge in [-0.05, 0) is 24.6 Å². The topological polar surface area (TPSA) is 54.7 Å². The van der Waals surface area contributed by atoms with Crippen LogP contribution in [-0.4, -0.2) is 9.97 Å². The number of nitrogens with zero attached hydrogens (tertiary/aromatic N) is 1. The molecule has 2 rings (SSSR count). The Bertz CT molecular complexity index is 394. The molecule has 13 heavy (non-hydrogen) atoms. The van der Waals surface area contributed by atoms with Crippen LogP contribution in [0.15, 0.2) is 24.5 Å². The molecule has 0 saturated carbocycles. The second-order valence-corrected chi connectivity index (χ2v) is 2.97. The summed E-state index contributed by atoms with van der Waals surface area (Å²) in [7, 11) is 0. The van der Waals surface area contributed by atoms with Gasteiger partial charge in [-0.25, -0.2) is 4.98 Å². The Hall–Kier alpha value is -1.06. The van der Waals surface area contributed by atoms with Crippen LogP contribution >= 0.6 is 12.4 Å². The molecule has 2 aromatic heterocycles. The molecule has 0 aliphatic carbocycles. The van der Waals surface area contributed by atoms with Crippen LogP contribution in [0.25, 0.3) is 11.0 Å². The van der Waals surface area contributed by atoms with Crippen LogP contribution in [0.4, 0.5) is 0 Å². The summed E-state index contributed by atoms with van der Waals surface area (Å²) < 4.78 is 0. The van der Waals surface area contributed by atoms with Crippen LogP contribution in [0.1, 0.15) is 18.5 Å². The van der Waals surface area contributed by atoms with Crippen molar-refractivity contribution in [3.05, 3.63) is 30.1 Å². The van der Waals surface area contributed by atoms with E-state index >= 15 is 0 Å². The summed E-state index contributed by atoms with van der Waals surface area (Å²) in [5.74, 6) is 0. The lowest BCUT2D eigenvalue weighted by Crippen LogP contribution is -2.04. The zero-order chi connectivity index (χ0) is 8.55. The van der Waals surface area contributed by atoms with E-state index in [0.717, 1.165) is 16.6 Å². The van der Waals surface area contributed by atoms with Gasteiger partial charge in [-0.2, -0.15) is 0 Å². The third-order valence-corrected chi connectivity index (χ3v) is 1.95. The third-order valence-electron chi connectivity index (χ3n) is 1.95. The molecule has 0 bridgehead atoms. The van der Waals surface area contributed by atoms with Crippen molar-refractivity contribution in [2.24, 2.45) is 5.73 Å². The fourth-order valence-corrected chi connectivity index (χ4v) is 1.21. The Morgan fingerprint density at radius 2 is 2.31 bits per heavy atom. The molecule has 3 N–H and O–H groups in total. The van der Waals surface area contributed by atoms with Crippen molar-refractivity contribution in [3.8, 4) is 0 Å². The first-order valence-electron chi connectivity index (χ1n) is 3.96. The zero-order valence-corrected chi connectivity index (χ0v) is 8.14. The Balaban J connectivity index is 0.000000845. The first kappa shape index (κ1) is 10.0. The van der Waals surface area contributed by atoms with Gasteiger partial charge in [-0.3, -0.25) is 0 Å². The first-order chi connectivity index (χ1) is 5.77. The summed E-state index contributed by atoms with van der Waals surface area (Å²) in [6.45, 7) is 1.95. The average Bonchev–Trinajstić information content (AvgIpc) is 2.49. The van der Waals surface area contributed by atoms with Gasteiger partial charge in [0.2, 0.25) is 0 Å². The normalized spacial score (nSPS) is 12.5. The van der Waals surface area contributed by atoms with E-state index in [9.17, 15) is 0 Å². The highest BCUT2D eigenvalue weighted by Crippen LogP contribution is 2.14. The number of nitrogens with two attached hydrogens (primary N) is 1. The van der Waals surface area contributed by atoms with E-state index in [2.05, 4.69) is 16.0 Å². The average molecular weight is 198 g/mol. The Morgan fingerprint density at radius 3 is 3.00 bits per heavy atom. The number of halogens is 1. The molecule has 0 fully saturated rings. The van der Waals surface area contributed by atoms with Gasteiger partial charge in [0.15, 0.2) is 0 Å². The van der Waals surface area contributed by atoms with Crippen LogP contribution < -0.4 is 5.73 Å². The van der Waals surface area contributed by atoms with Gasteiger partial charge in [0.05, 0.1) is 0 Å². The number of rotatable bonds is 1. The fourth-order valence-electron chi connectivity index (χ4n) is 1.21. The lowest BCUT2D eigenvalue weighted by atomic mass is 10.1. The molecule has 3 nitrogen and oxygen atoms in total. The van der Waals surface area contributed by atoms with E-state index in [1.165, 1.54) is 0 Å². The van der Waals surface area contributed by atoms with Gasteiger partial charge in [0, 0.05) is 23.8 Å². The van der Waals surface area contributed by atoms with Crippen LogP contribution in [-0.2, 0) is 0 Å². The predicted molar refractivity (Wildman–Crippen MR) is 55.9 cm³/mol. The largest absolute Gasteiger partial charge is 0.346 e. The number of nitrogens with one attached hydrogen (secondary N) is 1. The molecule has 1 atom stereocenters. The minimum atomic E-state index is 0. The van der Waals surface area contributed by atoms with E-state index in [1.807, 2.05) is 25.4 Å². The quantitative estimate of drug-likeness (QED) is 0.735. The highest BCUT2D eigenvalue weighted by molar-refractivity contribution is 5.85. The van der Waals surface area contributed by atoms with E-state index in [4.69, 9.17) is 5.73 Å². The maximum atomic E-state index is 5.72. The second-order valence-electron chi connectivity index (χ2n) is 2.97. The van der Waals surface area contributed by atoms with E-state index in [1.54, 1.807) is 0 Å². The molecule has 70 valence electrons. The molecule has 0 spiro atoms. The lowest BCUT2D eigenvalue weighted by molar-refractivity contribution is 0.814. The number of fused-ring (bicyclic) bond motifs is 1. The lowest BCUT2D eigenvalue weighted by Gasteiger charge is -2.03. The monoisotopic (exact) mass is 197 g/mol. The van der Waals surface area contributed by atoms with Crippen molar-refractivity contribution < 1.29 is 0 Å². The van der Waals surface area contributed by atoms with Crippen molar-refractivity contribution in [2.45, 2.75) is 13.0 Å². The highest BCUT2D eigenvalue weighted by Gasteiger charge is 2.01. The summed E-state index contributed by atoms with van der Waals surface area (Å²) in [5, 5.41) is 1.12. The van der Waals surface area contributed by atoms with Crippen LogP contribution in [0, 0.1) is 0 Å². The third kappa shape index (κ3) is 1.82. The molecule has 2 heterocycles.